The second kappa shape index (κ2) is 7.49. The highest BCUT2D eigenvalue weighted by atomic mass is 35.5. The molecular formula is C16H15Cl2F3N3O+. The molecule has 134 valence electrons. The van der Waals surface area contributed by atoms with Crippen LogP contribution in [-0.2, 0) is 6.18 Å². The highest BCUT2D eigenvalue weighted by Gasteiger charge is 2.38. The van der Waals surface area contributed by atoms with Gasteiger partial charge >= 0.3 is 6.18 Å². The number of halogens is 5. The zero-order chi connectivity index (χ0) is 18.8. The zero-order valence-corrected chi connectivity index (χ0v) is 14.9. The second-order valence-corrected chi connectivity index (χ2v) is 5.91. The van der Waals surface area contributed by atoms with Crippen molar-refractivity contribution in [3.8, 4) is 0 Å². The summed E-state index contributed by atoms with van der Waals surface area (Å²) in [6, 6.07) is 5.28. The molecule has 0 aliphatic carbocycles. The number of nitrogens with zero attached hydrogens (tertiary/aromatic N) is 1. The van der Waals surface area contributed by atoms with Crippen molar-refractivity contribution >= 4 is 40.6 Å². The van der Waals surface area contributed by atoms with Crippen LogP contribution >= 0.6 is 23.2 Å². The molecule has 0 unspecified atom stereocenters. The Morgan fingerprint density at radius 2 is 1.96 bits per heavy atom. The molecular weight excluding hydrogens is 378 g/mol. The van der Waals surface area contributed by atoms with Gasteiger partial charge < -0.3 is 4.90 Å². The lowest BCUT2D eigenvalue weighted by Gasteiger charge is -2.23. The fourth-order valence-electron chi connectivity index (χ4n) is 2.32. The monoisotopic (exact) mass is 392 g/mol. The molecule has 0 radical (unpaired) electrons. The summed E-state index contributed by atoms with van der Waals surface area (Å²) in [5.74, 6) is -0.686. The number of carbonyl (C=O) groups is 1. The van der Waals surface area contributed by atoms with Crippen LogP contribution in [0.3, 0.4) is 0 Å². The Bertz CT molecular complexity index is 797. The second-order valence-electron chi connectivity index (χ2n) is 5.07. The number of benzene rings is 1. The Kier molecular flexibility index (Phi) is 5.80. The summed E-state index contributed by atoms with van der Waals surface area (Å²) in [6.45, 7) is 1.77. The minimum absolute atomic E-state index is 0.130. The lowest BCUT2D eigenvalue weighted by Crippen LogP contribution is -2.34. The van der Waals surface area contributed by atoms with E-state index in [9.17, 15) is 18.0 Å². The van der Waals surface area contributed by atoms with Gasteiger partial charge in [0.15, 0.2) is 0 Å². The van der Waals surface area contributed by atoms with Crippen molar-refractivity contribution < 1.29 is 22.9 Å². The summed E-state index contributed by atoms with van der Waals surface area (Å²) in [5.41, 5.74) is -1.26. The highest BCUT2D eigenvalue weighted by Crippen LogP contribution is 2.35. The molecule has 2 aromatic rings. The van der Waals surface area contributed by atoms with Gasteiger partial charge in [0.05, 0.1) is 28.9 Å². The summed E-state index contributed by atoms with van der Waals surface area (Å²) in [4.78, 5) is 16.6. The number of nitrogens with one attached hydrogen (secondary N) is 2. The van der Waals surface area contributed by atoms with Gasteiger partial charge in [-0.3, -0.25) is 10.1 Å². The van der Waals surface area contributed by atoms with Crippen LogP contribution in [0.25, 0.3) is 0 Å². The van der Waals surface area contributed by atoms with Crippen LogP contribution < -0.4 is 15.2 Å². The molecule has 0 fully saturated rings. The van der Waals surface area contributed by atoms with E-state index < -0.39 is 23.2 Å². The van der Waals surface area contributed by atoms with E-state index in [4.69, 9.17) is 23.2 Å². The number of hydrogen-bond donors (Lipinski definition) is 1. The molecule has 0 aliphatic heterocycles. The van der Waals surface area contributed by atoms with Gasteiger partial charge in [0.25, 0.3) is 11.7 Å². The lowest BCUT2D eigenvalue weighted by atomic mass is 10.1. The average molecular weight is 393 g/mol. The van der Waals surface area contributed by atoms with E-state index in [1.807, 2.05) is 0 Å². The molecule has 0 saturated carbocycles. The summed E-state index contributed by atoms with van der Waals surface area (Å²) < 4.78 is 40.1. The summed E-state index contributed by atoms with van der Waals surface area (Å²) in [7, 11) is 1.47. The number of aromatic nitrogens is 1. The van der Waals surface area contributed by atoms with Crippen molar-refractivity contribution in [2.45, 2.75) is 13.1 Å². The maximum atomic E-state index is 13.4. The van der Waals surface area contributed by atoms with E-state index in [0.717, 1.165) is 17.2 Å². The minimum atomic E-state index is -4.69. The van der Waals surface area contributed by atoms with Gasteiger partial charge in [-0.15, -0.1) is 0 Å². The SMILES string of the molecule is CCN(C(=O)c1c[nH+]c(NC)cc1C(F)(F)F)c1ccc(Cl)cc1Cl. The predicted molar refractivity (Wildman–Crippen MR) is 91.4 cm³/mol. The molecule has 9 heteroatoms. The first-order valence-electron chi connectivity index (χ1n) is 7.26. The van der Waals surface area contributed by atoms with Gasteiger partial charge in [0.2, 0.25) is 0 Å². The molecule has 2 rings (SSSR count). The van der Waals surface area contributed by atoms with Gasteiger partial charge in [-0.1, -0.05) is 23.2 Å². The molecule has 0 spiro atoms. The van der Waals surface area contributed by atoms with E-state index in [1.165, 1.54) is 25.2 Å². The van der Waals surface area contributed by atoms with Crippen molar-refractivity contribution in [2.75, 3.05) is 23.8 Å². The molecule has 1 aromatic heterocycles. The van der Waals surface area contributed by atoms with Crippen LogP contribution in [0.5, 0.6) is 0 Å². The Morgan fingerprint density at radius 3 is 2.48 bits per heavy atom. The first kappa shape index (κ1) is 19.3. The fraction of sp³-hybridized carbons (Fsp3) is 0.250. The van der Waals surface area contributed by atoms with E-state index in [2.05, 4.69) is 10.3 Å². The Hall–Kier alpha value is -1.99. The Balaban J connectivity index is 2.54. The number of anilines is 2. The number of aromatic amines is 1. The van der Waals surface area contributed by atoms with Crippen molar-refractivity contribution in [1.29, 1.82) is 0 Å². The molecule has 0 aliphatic rings. The van der Waals surface area contributed by atoms with E-state index in [0.29, 0.717) is 5.02 Å². The van der Waals surface area contributed by atoms with E-state index in [-0.39, 0.29) is 23.1 Å². The van der Waals surface area contributed by atoms with Crippen LogP contribution in [0.1, 0.15) is 22.8 Å². The third-order valence-corrected chi connectivity index (χ3v) is 4.06. The zero-order valence-electron chi connectivity index (χ0n) is 13.3. The Morgan fingerprint density at radius 1 is 1.28 bits per heavy atom. The number of H-pyrrole nitrogens is 1. The number of alkyl halides is 3. The maximum Gasteiger partial charge on any atom is 0.417 e. The molecule has 25 heavy (non-hydrogen) atoms. The van der Waals surface area contributed by atoms with Crippen LogP contribution in [0.15, 0.2) is 30.5 Å². The van der Waals surface area contributed by atoms with Gasteiger partial charge in [0, 0.05) is 17.6 Å². The van der Waals surface area contributed by atoms with Gasteiger partial charge in [-0.25, -0.2) is 4.98 Å². The molecule has 0 saturated heterocycles. The normalized spacial score (nSPS) is 11.3. The fourth-order valence-corrected chi connectivity index (χ4v) is 2.83. The van der Waals surface area contributed by atoms with E-state index in [1.54, 1.807) is 6.92 Å². The van der Waals surface area contributed by atoms with Crippen molar-refractivity contribution in [1.82, 2.24) is 0 Å². The summed E-state index contributed by atoms with van der Waals surface area (Å²) in [5, 5.41) is 3.11. The molecule has 0 atom stereocenters. The number of rotatable bonds is 4. The van der Waals surface area contributed by atoms with Crippen molar-refractivity contribution in [2.24, 2.45) is 0 Å². The highest BCUT2D eigenvalue weighted by molar-refractivity contribution is 6.37. The van der Waals surface area contributed by atoms with Crippen LogP contribution in [0.4, 0.5) is 24.7 Å². The van der Waals surface area contributed by atoms with Gasteiger partial charge in [-0.2, -0.15) is 13.2 Å². The van der Waals surface area contributed by atoms with Gasteiger partial charge in [-0.05, 0) is 25.1 Å². The standard InChI is InChI=1S/C16H14Cl2F3N3O/c1-3-24(13-5-4-9(17)6-12(13)18)15(25)10-8-23-14(22-2)7-11(10)16(19,20)21/h4-8H,3H2,1-2H3,(H,22,23)/p+1. The number of amides is 1. The quantitative estimate of drug-likeness (QED) is 0.830. The third-order valence-electron chi connectivity index (χ3n) is 3.52. The first-order valence-corrected chi connectivity index (χ1v) is 8.02. The van der Waals surface area contributed by atoms with Crippen LogP contribution in [0.2, 0.25) is 10.0 Å². The van der Waals surface area contributed by atoms with Crippen molar-refractivity contribution in [3.05, 3.63) is 51.6 Å². The molecule has 1 heterocycles. The minimum Gasteiger partial charge on any atom is -0.307 e. The molecule has 2 N–H and O–H groups in total. The number of carbonyl (C=O) groups excluding carboxylic acids is 1. The van der Waals surface area contributed by atoms with Crippen molar-refractivity contribution in [3.63, 3.8) is 0 Å². The third kappa shape index (κ3) is 4.16. The van der Waals surface area contributed by atoms with Gasteiger partial charge in [0.1, 0.15) is 6.20 Å². The lowest BCUT2D eigenvalue weighted by molar-refractivity contribution is -0.361. The number of hydrogen-bond acceptors (Lipinski definition) is 2. The molecule has 1 amide bonds. The molecule has 4 nitrogen and oxygen atoms in total. The topological polar surface area (TPSA) is 46.5 Å². The average Bonchev–Trinajstić information content (AvgIpc) is 2.55. The Labute approximate surface area is 152 Å². The van der Waals surface area contributed by atoms with Crippen LogP contribution in [0, 0.1) is 0 Å². The van der Waals surface area contributed by atoms with Crippen LogP contribution in [-0.4, -0.2) is 19.5 Å². The molecule has 0 bridgehead atoms. The maximum absolute atomic E-state index is 13.4. The number of pyridine rings is 1. The largest absolute Gasteiger partial charge is 0.417 e. The first-order chi connectivity index (χ1) is 11.7. The molecule has 1 aromatic carbocycles. The smallest absolute Gasteiger partial charge is 0.307 e. The predicted octanol–water partition coefficient (Wildman–Crippen LogP) is 4.53. The summed E-state index contributed by atoms with van der Waals surface area (Å²) in [6.07, 6.45) is -3.65. The summed E-state index contributed by atoms with van der Waals surface area (Å²) >= 11 is 11.9. The van der Waals surface area contributed by atoms with E-state index >= 15 is 0 Å².